The third-order valence-electron chi connectivity index (χ3n) is 2.75. The highest BCUT2D eigenvalue weighted by Gasteiger charge is 2.26. The average molecular weight is 350 g/mol. The first-order valence-electron chi connectivity index (χ1n) is 6.31. The van der Waals surface area contributed by atoms with Crippen LogP contribution in [0.1, 0.15) is 20.3 Å². The number of benzene rings is 1. The molecule has 0 heterocycles. The Labute approximate surface area is 129 Å². The van der Waals surface area contributed by atoms with Crippen molar-refractivity contribution in [1.82, 2.24) is 4.72 Å². The SMILES string of the molecule is CC(C)C[C@H](NS(=O)(=O)c1cccc(S(N)(=O)=O)c1)C(=O)O. The van der Waals surface area contributed by atoms with Crippen molar-refractivity contribution in [2.75, 3.05) is 0 Å². The minimum Gasteiger partial charge on any atom is -0.480 e. The minimum absolute atomic E-state index is 0.0421. The van der Waals surface area contributed by atoms with Crippen LogP contribution in [0.4, 0.5) is 0 Å². The molecule has 8 nitrogen and oxygen atoms in total. The topological polar surface area (TPSA) is 144 Å². The molecule has 0 fully saturated rings. The van der Waals surface area contributed by atoms with Crippen LogP contribution >= 0.6 is 0 Å². The molecular formula is C12H18N2O6S2. The van der Waals surface area contributed by atoms with Crippen molar-refractivity contribution >= 4 is 26.0 Å². The van der Waals surface area contributed by atoms with Gasteiger partial charge in [-0.05, 0) is 30.5 Å². The van der Waals surface area contributed by atoms with Gasteiger partial charge in [-0.15, -0.1) is 0 Å². The van der Waals surface area contributed by atoms with Crippen molar-refractivity contribution in [3.63, 3.8) is 0 Å². The second-order valence-corrected chi connectivity index (χ2v) is 8.44. The number of carboxylic acid groups (broad SMARTS) is 1. The predicted octanol–water partition coefficient (Wildman–Crippen LogP) is 0.112. The quantitative estimate of drug-likeness (QED) is 0.637. The molecule has 0 aliphatic rings. The summed E-state index contributed by atoms with van der Waals surface area (Å²) in [5, 5.41) is 14.0. The largest absolute Gasteiger partial charge is 0.480 e. The Morgan fingerprint density at radius 3 is 2.23 bits per heavy atom. The summed E-state index contributed by atoms with van der Waals surface area (Å²) in [7, 11) is -8.24. The molecule has 0 aliphatic heterocycles. The van der Waals surface area contributed by atoms with Crippen LogP contribution in [-0.2, 0) is 24.8 Å². The lowest BCUT2D eigenvalue weighted by molar-refractivity contribution is -0.139. The zero-order chi connectivity index (χ0) is 17.1. The van der Waals surface area contributed by atoms with Gasteiger partial charge in [0.25, 0.3) is 0 Å². The van der Waals surface area contributed by atoms with E-state index in [1.54, 1.807) is 13.8 Å². The molecule has 0 saturated heterocycles. The number of nitrogens with two attached hydrogens (primary N) is 1. The monoisotopic (exact) mass is 350 g/mol. The molecule has 0 amide bonds. The Balaban J connectivity index is 3.16. The molecule has 4 N–H and O–H groups in total. The minimum atomic E-state index is -4.18. The number of nitrogens with one attached hydrogen (secondary N) is 1. The molecule has 124 valence electrons. The fourth-order valence-electron chi connectivity index (χ4n) is 1.74. The van der Waals surface area contributed by atoms with E-state index in [9.17, 15) is 21.6 Å². The van der Waals surface area contributed by atoms with Crippen LogP contribution in [0, 0.1) is 5.92 Å². The molecule has 10 heteroatoms. The molecule has 0 radical (unpaired) electrons. The molecule has 1 aromatic rings. The predicted molar refractivity (Wildman–Crippen MR) is 79.0 cm³/mol. The van der Waals surface area contributed by atoms with Crippen LogP contribution < -0.4 is 9.86 Å². The molecule has 0 bridgehead atoms. The van der Waals surface area contributed by atoms with Crippen molar-refractivity contribution < 1.29 is 26.7 Å². The summed E-state index contributed by atoms with van der Waals surface area (Å²) in [5.74, 6) is -1.35. The summed E-state index contributed by atoms with van der Waals surface area (Å²) in [6.45, 7) is 3.51. The molecular weight excluding hydrogens is 332 g/mol. The lowest BCUT2D eigenvalue weighted by atomic mass is 10.1. The lowest BCUT2D eigenvalue weighted by Crippen LogP contribution is -2.41. The Morgan fingerprint density at radius 1 is 1.23 bits per heavy atom. The van der Waals surface area contributed by atoms with Gasteiger partial charge in [0.05, 0.1) is 9.79 Å². The summed E-state index contributed by atoms with van der Waals surface area (Å²) < 4.78 is 49.0. The Kier molecular flexibility index (Phi) is 5.68. The molecule has 0 saturated carbocycles. The summed E-state index contributed by atoms with van der Waals surface area (Å²) in [6.07, 6.45) is 0.101. The maximum atomic E-state index is 12.2. The number of hydrogen-bond acceptors (Lipinski definition) is 5. The fourth-order valence-corrected chi connectivity index (χ4v) is 3.63. The third-order valence-corrected chi connectivity index (χ3v) is 5.13. The van der Waals surface area contributed by atoms with E-state index in [1.165, 1.54) is 6.07 Å². The molecule has 0 spiro atoms. The number of carbonyl (C=O) groups is 1. The van der Waals surface area contributed by atoms with Crippen LogP contribution in [0.5, 0.6) is 0 Å². The highest BCUT2D eigenvalue weighted by Crippen LogP contribution is 2.16. The number of rotatable bonds is 7. The summed E-state index contributed by atoms with van der Waals surface area (Å²) in [4.78, 5) is 10.4. The summed E-state index contributed by atoms with van der Waals surface area (Å²) in [6, 6.07) is 3.10. The number of aliphatic carboxylic acids is 1. The van der Waals surface area contributed by atoms with Gasteiger partial charge in [0.15, 0.2) is 0 Å². The zero-order valence-corrected chi connectivity index (χ0v) is 13.7. The van der Waals surface area contributed by atoms with Crippen molar-refractivity contribution in [2.45, 2.75) is 36.1 Å². The van der Waals surface area contributed by atoms with Crippen LogP contribution in [0.3, 0.4) is 0 Å². The highest BCUT2D eigenvalue weighted by atomic mass is 32.2. The Bertz CT molecular complexity index is 756. The second kappa shape index (κ2) is 6.73. The van der Waals surface area contributed by atoms with E-state index in [-0.39, 0.29) is 22.1 Å². The molecule has 0 unspecified atom stereocenters. The molecule has 0 aliphatic carbocycles. The van der Waals surface area contributed by atoms with Gasteiger partial charge in [-0.2, -0.15) is 4.72 Å². The maximum absolute atomic E-state index is 12.2. The van der Waals surface area contributed by atoms with Gasteiger partial charge in [-0.3, -0.25) is 4.79 Å². The summed E-state index contributed by atoms with van der Waals surface area (Å²) >= 11 is 0. The van der Waals surface area contributed by atoms with E-state index in [4.69, 9.17) is 10.2 Å². The van der Waals surface area contributed by atoms with Crippen LogP contribution in [-0.4, -0.2) is 34.0 Å². The van der Waals surface area contributed by atoms with Gasteiger partial charge in [0.1, 0.15) is 6.04 Å². The fraction of sp³-hybridized carbons (Fsp3) is 0.417. The first-order chi connectivity index (χ1) is 9.93. The molecule has 1 aromatic carbocycles. The van der Waals surface area contributed by atoms with Gasteiger partial charge < -0.3 is 5.11 Å². The maximum Gasteiger partial charge on any atom is 0.321 e. The second-order valence-electron chi connectivity index (χ2n) is 5.16. The van der Waals surface area contributed by atoms with Crippen molar-refractivity contribution in [3.05, 3.63) is 24.3 Å². The van der Waals surface area contributed by atoms with Crippen molar-refractivity contribution in [2.24, 2.45) is 11.1 Å². The summed E-state index contributed by atoms with van der Waals surface area (Å²) in [5.41, 5.74) is 0. The number of sulfonamides is 2. The van der Waals surface area contributed by atoms with E-state index in [0.717, 1.165) is 18.2 Å². The first kappa shape index (κ1) is 18.6. The van der Waals surface area contributed by atoms with E-state index >= 15 is 0 Å². The van der Waals surface area contributed by atoms with Gasteiger partial charge in [-0.1, -0.05) is 19.9 Å². The zero-order valence-electron chi connectivity index (χ0n) is 12.1. The smallest absolute Gasteiger partial charge is 0.321 e. The number of carboxylic acids is 1. The van der Waals surface area contributed by atoms with Crippen LogP contribution in [0.25, 0.3) is 0 Å². The van der Waals surface area contributed by atoms with Gasteiger partial charge in [0, 0.05) is 0 Å². The number of primary sulfonamides is 1. The highest BCUT2D eigenvalue weighted by molar-refractivity contribution is 7.90. The Hall–Kier alpha value is -1.49. The van der Waals surface area contributed by atoms with Crippen molar-refractivity contribution in [3.8, 4) is 0 Å². The van der Waals surface area contributed by atoms with E-state index in [1.807, 2.05) is 0 Å². The molecule has 0 aromatic heterocycles. The Morgan fingerprint density at radius 2 is 1.77 bits per heavy atom. The van der Waals surface area contributed by atoms with E-state index in [2.05, 4.69) is 4.72 Å². The average Bonchev–Trinajstić information content (AvgIpc) is 2.36. The van der Waals surface area contributed by atoms with Crippen LogP contribution in [0.2, 0.25) is 0 Å². The third kappa shape index (κ3) is 5.05. The standard InChI is InChI=1S/C12H18N2O6S2/c1-8(2)6-11(12(15)16)14-22(19,20)10-5-3-4-9(7-10)21(13,17)18/h3-5,7-8,11,14H,6H2,1-2H3,(H,15,16)(H2,13,17,18)/t11-/m0/s1. The van der Waals surface area contributed by atoms with E-state index < -0.39 is 32.1 Å². The first-order valence-corrected chi connectivity index (χ1v) is 9.34. The van der Waals surface area contributed by atoms with Gasteiger partial charge in [0.2, 0.25) is 20.0 Å². The molecule has 1 atom stereocenters. The van der Waals surface area contributed by atoms with E-state index in [0.29, 0.717) is 0 Å². The van der Waals surface area contributed by atoms with Crippen molar-refractivity contribution in [1.29, 1.82) is 0 Å². The molecule has 1 rings (SSSR count). The van der Waals surface area contributed by atoms with Gasteiger partial charge >= 0.3 is 5.97 Å². The van der Waals surface area contributed by atoms with Gasteiger partial charge in [-0.25, -0.2) is 22.0 Å². The van der Waals surface area contributed by atoms with Crippen LogP contribution in [0.15, 0.2) is 34.1 Å². The normalized spacial score (nSPS) is 14.0. The lowest BCUT2D eigenvalue weighted by Gasteiger charge is -2.16. The number of hydrogen-bond donors (Lipinski definition) is 3. The molecule has 22 heavy (non-hydrogen) atoms.